The minimum atomic E-state index is -0.469. The summed E-state index contributed by atoms with van der Waals surface area (Å²) >= 11 is 1.47. The second kappa shape index (κ2) is 4.81. The zero-order valence-electron chi connectivity index (χ0n) is 9.86. The van der Waals surface area contributed by atoms with Crippen molar-refractivity contribution in [3.8, 4) is 0 Å². The van der Waals surface area contributed by atoms with E-state index in [0.29, 0.717) is 11.6 Å². The summed E-state index contributed by atoms with van der Waals surface area (Å²) in [6.45, 7) is 3.91. The Bertz CT molecular complexity index is 550. The maximum Gasteiger partial charge on any atom is 0.243 e. The number of hydrogen-bond donors (Lipinski definition) is 2. The lowest BCUT2D eigenvalue weighted by Crippen LogP contribution is -2.34. The van der Waals surface area contributed by atoms with Crippen LogP contribution in [0.2, 0.25) is 0 Å². The molecular formula is C12H15N3OS. The molecule has 1 heterocycles. The van der Waals surface area contributed by atoms with Crippen LogP contribution in [0.4, 0.5) is 5.13 Å². The topological polar surface area (TPSA) is 68.0 Å². The van der Waals surface area contributed by atoms with Gasteiger partial charge in [0.05, 0.1) is 16.3 Å². The minimum Gasteiger partial charge on any atom is -0.320 e. The Morgan fingerprint density at radius 3 is 3.06 bits per heavy atom. The van der Waals surface area contributed by atoms with Gasteiger partial charge in [0.2, 0.25) is 5.91 Å². The predicted octanol–water partition coefficient (Wildman–Crippen LogP) is 2.28. The van der Waals surface area contributed by atoms with E-state index in [0.717, 1.165) is 10.2 Å². The average Bonchev–Trinajstić information content (AvgIpc) is 2.69. The minimum absolute atomic E-state index is 0.178. The molecule has 2 aromatic rings. The van der Waals surface area contributed by atoms with Crippen molar-refractivity contribution in [3.05, 3.63) is 23.8 Å². The van der Waals surface area contributed by atoms with E-state index >= 15 is 0 Å². The molecule has 1 atom stereocenters. The van der Waals surface area contributed by atoms with E-state index in [1.54, 1.807) is 0 Å². The smallest absolute Gasteiger partial charge is 0.243 e. The zero-order valence-corrected chi connectivity index (χ0v) is 10.7. The maximum absolute atomic E-state index is 11.6. The lowest BCUT2D eigenvalue weighted by molar-refractivity contribution is -0.117. The van der Waals surface area contributed by atoms with Crippen LogP contribution in [0.25, 0.3) is 10.2 Å². The largest absolute Gasteiger partial charge is 0.320 e. The van der Waals surface area contributed by atoms with Gasteiger partial charge in [-0.25, -0.2) is 4.98 Å². The summed E-state index contributed by atoms with van der Waals surface area (Å²) < 4.78 is 1.07. The SMILES string of the molecule is CCC(N)C(=O)Nc1nc2ccc(C)cc2s1. The molecule has 5 heteroatoms. The van der Waals surface area contributed by atoms with Crippen molar-refractivity contribution in [3.63, 3.8) is 0 Å². The molecule has 90 valence electrons. The molecule has 1 amide bonds. The van der Waals surface area contributed by atoms with Crippen LogP contribution in [-0.4, -0.2) is 16.9 Å². The van der Waals surface area contributed by atoms with Crippen LogP contribution in [0.1, 0.15) is 18.9 Å². The van der Waals surface area contributed by atoms with Gasteiger partial charge in [0, 0.05) is 0 Å². The Morgan fingerprint density at radius 1 is 1.59 bits per heavy atom. The number of aryl methyl sites for hydroxylation is 1. The number of anilines is 1. The molecule has 1 unspecified atom stereocenters. The number of nitrogens with two attached hydrogens (primary N) is 1. The number of aromatic nitrogens is 1. The van der Waals surface area contributed by atoms with Crippen LogP contribution in [0.5, 0.6) is 0 Å². The van der Waals surface area contributed by atoms with Crippen molar-refractivity contribution >= 4 is 32.6 Å². The Morgan fingerprint density at radius 2 is 2.35 bits per heavy atom. The number of thiazole rings is 1. The number of amides is 1. The van der Waals surface area contributed by atoms with Crippen LogP contribution in [0.15, 0.2) is 18.2 Å². The second-order valence-electron chi connectivity index (χ2n) is 3.99. The van der Waals surface area contributed by atoms with Gasteiger partial charge < -0.3 is 11.1 Å². The van der Waals surface area contributed by atoms with E-state index in [1.807, 2.05) is 26.0 Å². The molecule has 0 bridgehead atoms. The molecule has 4 nitrogen and oxygen atoms in total. The standard InChI is InChI=1S/C12H15N3OS/c1-3-8(13)11(16)15-12-14-9-5-4-7(2)6-10(9)17-12/h4-6,8H,3,13H2,1-2H3,(H,14,15,16). The van der Waals surface area contributed by atoms with Crippen LogP contribution < -0.4 is 11.1 Å². The monoisotopic (exact) mass is 249 g/mol. The normalized spacial score (nSPS) is 12.6. The van der Waals surface area contributed by atoms with Gasteiger partial charge in [-0.3, -0.25) is 4.79 Å². The van der Waals surface area contributed by atoms with Crippen LogP contribution >= 0.6 is 11.3 Å². The molecule has 1 aromatic carbocycles. The van der Waals surface area contributed by atoms with Crippen molar-refractivity contribution in [2.24, 2.45) is 5.73 Å². The highest BCUT2D eigenvalue weighted by Crippen LogP contribution is 2.26. The summed E-state index contributed by atoms with van der Waals surface area (Å²) in [4.78, 5) is 16.0. The van der Waals surface area contributed by atoms with Gasteiger partial charge in [0.15, 0.2) is 5.13 Å². The summed E-state index contributed by atoms with van der Waals surface area (Å²) in [5.41, 5.74) is 7.74. The van der Waals surface area contributed by atoms with Gasteiger partial charge >= 0.3 is 0 Å². The van der Waals surface area contributed by atoms with Gasteiger partial charge in [0.25, 0.3) is 0 Å². The Labute approximate surface area is 104 Å². The fourth-order valence-corrected chi connectivity index (χ4v) is 2.44. The molecule has 2 rings (SSSR count). The third-order valence-electron chi connectivity index (χ3n) is 2.55. The molecule has 0 saturated heterocycles. The Kier molecular flexibility index (Phi) is 3.40. The number of nitrogens with zero attached hydrogens (tertiary/aromatic N) is 1. The average molecular weight is 249 g/mol. The molecule has 0 fully saturated rings. The number of carbonyl (C=O) groups excluding carboxylic acids is 1. The van der Waals surface area contributed by atoms with Gasteiger partial charge in [-0.15, -0.1) is 0 Å². The van der Waals surface area contributed by atoms with Crippen molar-refractivity contribution in [1.82, 2.24) is 4.98 Å². The summed E-state index contributed by atoms with van der Waals surface area (Å²) in [6.07, 6.45) is 0.621. The molecule has 0 aliphatic carbocycles. The highest BCUT2D eigenvalue weighted by Gasteiger charge is 2.13. The third kappa shape index (κ3) is 2.62. The van der Waals surface area contributed by atoms with E-state index in [4.69, 9.17) is 5.73 Å². The molecule has 1 aromatic heterocycles. The summed E-state index contributed by atoms with van der Waals surface area (Å²) in [6, 6.07) is 5.55. The first kappa shape index (κ1) is 12.0. The molecular weight excluding hydrogens is 234 g/mol. The lowest BCUT2D eigenvalue weighted by atomic mass is 10.2. The lowest BCUT2D eigenvalue weighted by Gasteiger charge is -2.06. The summed E-state index contributed by atoms with van der Waals surface area (Å²) in [5.74, 6) is -0.178. The van der Waals surface area contributed by atoms with Crippen LogP contribution in [0.3, 0.4) is 0 Å². The first-order chi connectivity index (χ1) is 8.10. The maximum atomic E-state index is 11.6. The molecule has 0 saturated carbocycles. The number of benzene rings is 1. The van der Waals surface area contributed by atoms with Crippen LogP contribution in [-0.2, 0) is 4.79 Å². The number of carbonyl (C=O) groups is 1. The highest BCUT2D eigenvalue weighted by molar-refractivity contribution is 7.22. The first-order valence-electron chi connectivity index (χ1n) is 5.53. The number of rotatable bonds is 3. The number of fused-ring (bicyclic) bond motifs is 1. The van der Waals surface area contributed by atoms with Gasteiger partial charge in [-0.2, -0.15) is 0 Å². The van der Waals surface area contributed by atoms with Crippen molar-refractivity contribution in [1.29, 1.82) is 0 Å². The molecule has 0 radical (unpaired) electrons. The van der Waals surface area contributed by atoms with Gasteiger partial charge in [-0.05, 0) is 31.0 Å². The molecule has 17 heavy (non-hydrogen) atoms. The quantitative estimate of drug-likeness (QED) is 0.877. The molecule has 0 spiro atoms. The summed E-state index contributed by atoms with van der Waals surface area (Å²) in [5, 5.41) is 3.36. The highest BCUT2D eigenvalue weighted by atomic mass is 32.1. The third-order valence-corrected chi connectivity index (χ3v) is 3.48. The Hall–Kier alpha value is -1.46. The van der Waals surface area contributed by atoms with Crippen molar-refractivity contribution in [2.45, 2.75) is 26.3 Å². The predicted molar refractivity (Wildman–Crippen MR) is 71.3 cm³/mol. The fourth-order valence-electron chi connectivity index (χ4n) is 1.47. The van der Waals surface area contributed by atoms with Crippen molar-refractivity contribution < 1.29 is 4.79 Å². The van der Waals surface area contributed by atoms with Gasteiger partial charge in [-0.1, -0.05) is 24.3 Å². The molecule has 0 aliphatic heterocycles. The molecule has 0 aliphatic rings. The Balaban J connectivity index is 2.22. The molecule has 3 N–H and O–H groups in total. The second-order valence-corrected chi connectivity index (χ2v) is 5.02. The van der Waals surface area contributed by atoms with Crippen molar-refractivity contribution in [2.75, 3.05) is 5.32 Å². The zero-order chi connectivity index (χ0) is 12.4. The van der Waals surface area contributed by atoms with E-state index in [9.17, 15) is 4.79 Å². The van der Waals surface area contributed by atoms with Gasteiger partial charge in [0.1, 0.15) is 0 Å². The first-order valence-corrected chi connectivity index (χ1v) is 6.35. The van der Waals surface area contributed by atoms with E-state index in [-0.39, 0.29) is 5.91 Å². The van der Waals surface area contributed by atoms with E-state index < -0.39 is 6.04 Å². The summed E-state index contributed by atoms with van der Waals surface area (Å²) in [7, 11) is 0. The van der Waals surface area contributed by atoms with E-state index in [2.05, 4.69) is 16.4 Å². The number of nitrogens with one attached hydrogen (secondary N) is 1. The number of hydrogen-bond acceptors (Lipinski definition) is 4. The van der Waals surface area contributed by atoms with Crippen LogP contribution in [0, 0.1) is 6.92 Å². The fraction of sp³-hybridized carbons (Fsp3) is 0.333. The van der Waals surface area contributed by atoms with E-state index in [1.165, 1.54) is 16.9 Å².